The molecule has 0 fully saturated rings. The Balaban J connectivity index is 1.84. The summed E-state index contributed by atoms with van der Waals surface area (Å²) in [6.07, 6.45) is 0. The fourth-order valence-electron chi connectivity index (χ4n) is 2.35. The number of carbonyl (C=O) groups excluding carboxylic acids is 1. The third-order valence-electron chi connectivity index (χ3n) is 3.68. The lowest BCUT2D eigenvalue weighted by Crippen LogP contribution is -2.12. The number of nitrogens with one attached hydrogen (secondary N) is 2. The van der Waals surface area contributed by atoms with Crippen molar-refractivity contribution in [2.24, 2.45) is 0 Å². The molecule has 27 heavy (non-hydrogen) atoms. The van der Waals surface area contributed by atoms with Gasteiger partial charge in [0.25, 0.3) is 5.91 Å². The zero-order chi connectivity index (χ0) is 19.4. The second-order valence-electron chi connectivity index (χ2n) is 5.49. The number of nitrogen functional groups attached to an aromatic ring is 1. The van der Waals surface area contributed by atoms with Crippen LogP contribution in [0.4, 0.5) is 22.1 Å². The molecule has 0 aliphatic rings. The highest BCUT2D eigenvalue weighted by atomic mass is 32.1. The number of carbonyl (C=O) groups is 2. The highest BCUT2D eigenvalue weighted by molar-refractivity contribution is 7.19. The number of rotatable bonds is 5. The van der Waals surface area contributed by atoms with Crippen LogP contribution in [0.3, 0.4) is 0 Å². The molecule has 7 nitrogen and oxygen atoms in total. The van der Waals surface area contributed by atoms with Crippen molar-refractivity contribution in [3.8, 4) is 6.07 Å². The van der Waals surface area contributed by atoms with Gasteiger partial charge in [-0.05, 0) is 36.4 Å². The van der Waals surface area contributed by atoms with E-state index in [1.165, 1.54) is 24.3 Å². The van der Waals surface area contributed by atoms with E-state index in [0.29, 0.717) is 10.7 Å². The number of nitriles is 1. The van der Waals surface area contributed by atoms with Crippen LogP contribution in [-0.2, 0) is 0 Å². The Morgan fingerprint density at radius 3 is 2.30 bits per heavy atom. The van der Waals surface area contributed by atoms with Crippen LogP contribution in [0.25, 0.3) is 0 Å². The Bertz CT molecular complexity index is 1040. The average molecular weight is 378 g/mol. The van der Waals surface area contributed by atoms with Crippen LogP contribution in [0.2, 0.25) is 0 Å². The zero-order valence-corrected chi connectivity index (χ0v) is 14.7. The number of para-hydroxylation sites is 1. The molecule has 3 rings (SSSR count). The van der Waals surface area contributed by atoms with E-state index in [1.807, 2.05) is 36.4 Å². The zero-order valence-electron chi connectivity index (χ0n) is 13.9. The summed E-state index contributed by atoms with van der Waals surface area (Å²) in [6, 6.07) is 17.0. The predicted molar refractivity (Wildman–Crippen MR) is 105 cm³/mol. The molecule has 8 heteroatoms. The van der Waals surface area contributed by atoms with E-state index in [2.05, 4.69) is 10.6 Å². The maximum absolute atomic E-state index is 12.6. The standard InChI is InChI=1S/C19H14N4O3S/c20-10-14-15(21)16(27-18(14)23-12-4-2-1-3-5-12)17(24)22-13-8-6-11(7-9-13)19(25)26/h1-9,23H,21H2,(H,22,24)(H,25,26). The number of carboxylic acids is 1. The second-order valence-corrected chi connectivity index (χ2v) is 6.51. The Morgan fingerprint density at radius 2 is 1.70 bits per heavy atom. The van der Waals surface area contributed by atoms with Gasteiger partial charge in [-0.1, -0.05) is 18.2 Å². The molecular formula is C19H14N4O3S. The molecule has 0 aliphatic carbocycles. The fraction of sp³-hybridized carbons (Fsp3) is 0. The summed E-state index contributed by atoms with van der Waals surface area (Å²) < 4.78 is 0. The molecular weight excluding hydrogens is 364 g/mol. The van der Waals surface area contributed by atoms with Crippen LogP contribution in [0.15, 0.2) is 54.6 Å². The number of nitrogens with zero attached hydrogens (tertiary/aromatic N) is 1. The molecule has 0 saturated carbocycles. The van der Waals surface area contributed by atoms with Crippen LogP contribution in [0.5, 0.6) is 0 Å². The van der Waals surface area contributed by atoms with Crippen molar-refractivity contribution in [1.29, 1.82) is 5.26 Å². The van der Waals surface area contributed by atoms with E-state index in [1.54, 1.807) is 0 Å². The Labute approximate surface area is 158 Å². The molecule has 3 aromatic rings. The second kappa shape index (κ2) is 7.59. The average Bonchev–Trinajstić information content (AvgIpc) is 2.98. The van der Waals surface area contributed by atoms with E-state index in [4.69, 9.17) is 10.8 Å². The maximum atomic E-state index is 12.6. The first kappa shape index (κ1) is 18.0. The molecule has 2 aromatic carbocycles. The van der Waals surface area contributed by atoms with Gasteiger partial charge >= 0.3 is 5.97 Å². The minimum Gasteiger partial charge on any atom is -0.478 e. The summed E-state index contributed by atoms with van der Waals surface area (Å²) in [5, 5.41) is 24.5. The van der Waals surface area contributed by atoms with Gasteiger partial charge < -0.3 is 21.5 Å². The molecule has 1 heterocycles. The van der Waals surface area contributed by atoms with Crippen molar-refractivity contribution in [2.75, 3.05) is 16.4 Å². The number of anilines is 4. The normalized spacial score (nSPS) is 10.0. The summed E-state index contributed by atoms with van der Waals surface area (Å²) in [7, 11) is 0. The van der Waals surface area contributed by atoms with E-state index in [9.17, 15) is 14.9 Å². The van der Waals surface area contributed by atoms with E-state index in [-0.39, 0.29) is 21.7 Å². The van der Waals surface area contributed by atoms with Gasteiger partial charge in [-0.3, -0.25) is 4.79 Å². The van der Waals surface area contributed by atoms with Crippen LogP contribution < -0.4 is 16.4 Å². The molecule has 0 aliphatic heterocycles. The fourth-order valence-corrected chi connectivity index (χ4v) is 3.33. The van der Waals surface area contributed by atoms with E-state index >= 15 is 0 Å². The van der Waals surface area contributed by atoms with Gasteiger partial charge in [0, 0.05) is 11.4 Å². The molecule has 134 valence electrons. The van der Waals surface area contributed by atoms with Crippen LogP contribution >= 0.6 is 11.3 Å². The van der Waals surface area contributed by atoms with Crippen molar-refractivity contribution in [3.05, 3.63) is 70.6 Å². The lowest BCUT2D eigenvalue weighted by Gasteiger charge is -2.04. The summed E-state index contributed by atoms with van der Waals surface area (Å²) in [5.41, 5.74) is 7.61. The van der Waals surface area contributed by atoms with E-state index in [0.717, 1.165) is 17.0 Å². The summed E-state index contributed by atoms with van der Waals surface area (Å²) >= 11 is 1.08. The van der Waals surface area contributed by atoms with Crippen LogP contribution in [0.1, 0.15) is 25.6 Å². The van der Waals surface area contributed by atoms with Crippen molar-refractivity contribution >= 4 is 45.3 Å². The van der Waals surface area contributed by atoms with Crippen molar-refractivity contribution in [1.82, 2.24) is 0 Å². The third kappa shape index (κ3) is 3.89. The topological polar surface area (TPSA) is 128 Å². The van der Waals surface area contributed by atoms with Gasteiger partial charge in [-0.15, -0.1) is 11.3 Å². The van der Waals surface area contributed by atoms with Gasteiger partial charge in [-0.25, -0.2) is 4.79 Å². The first-order valence-electron chi connectivity index (χ1n) is 7.78. The molecule has 0 spiro atoms. The minimum atomic E-state index is -1.05. The molecule has 0 atom stereocenters. The smallest absolute Gasteiger partial charge is 0.335 e. The van der Waals surface area contributed by atoms with Crippen molar-refractivity contribution < 1.29 is 14.7 Å². The summed E-state index contributed by atoms with van der Waals surface area (Å²) in [6.45, 7) is 0. The lowest BCUT2D eigenvalue weighted by atomic mass is 10.2. The van der Waals surface area contributed by atoms with Crippen molar-refractivity contribution in [3.63, 3.8) is 0 Å². The van der Waals surface area contributed by atoms with E-state index < -0.39 is 11.9 Å². The van der Waals surface area contributed by atoms with Gasteiger partial charge in [0.05, 0.1) is 11.3 Å². The Morgan fingerprint density at radius 1 is 1.04 bits per heavy atom. The lowest BCUT2D eigenvalue weighted by molar-refractivity contribution is 0.0696. The molecule has 5 N–H and O–H groups in total. The SMILES string of the molecule is N#Cc1c(Nc2ccccc2)sc(C(=O)Nc2ccc(C(=O)O)cc2)c1N. The number of nitrogens with two attached hydrogens (primary N) is 1. The third-order valence-corrected chi connectivity index (χ3v) is 4.80. The predicted octanol–water partition coefficient (Wildman–Crippen LogP) is 3.90. The number of hydrogen-bond acceptors (Lipinski definition) is 6. The van der Waals surface area contributed by atoms with Gasteiger partial charge in [0.1, 0.15) is 21.5 Å². The summed E-state index contributed by atoms with van der Waals surface area (Å²) in [4.78, 5) is 23.6. The molecule has 0 radical (unpaired) electrons. The molecule has 0 unspecified atom stereocenters. The van der Waals surface area contributed by atoms with Crippen molar-refractivity contribution in [2.45, 2.75) is 0 Å². The minimum absolute atomic E-state index is 0.0978. The number of hydrogen-bond donors (Lipinski definition) is 4. The number of aromatic carboxylic acids is 1. The molecule has 1 aromatic heterocycles. The van der Waals surface area contributed by atoms with Gasteiger partial charge in [0.2, 0.25) is 0 Å². The van der Waals surface area contributed by atoms with Crippen LogP contribution in [-0.4, -0.2) is 17.0 Å². The number of thiophene rings is 1. The quantitative estimate of drug-likeness (QED) is 0.533. The molecule has 0 saturated heterocycles. The molecule has 0 bridgehead atoms. The first-order valence-corrected chi connectivity index (χ1v) is 8.60. The highest BCUT2D eigenvalue weighted by Gasteiger charge is 2.21. The van der Waals surface area contributed by atoms with Crippen LogP contribution in [0, 0.1) is 11.3 Å². The number of carboxylic acid groups (broad SMARTS) is 1. The van der Waals surface area contributed by atoms with Gasteiger partial charge in [-0.2, -0.15) is 5.26 Å². The monoisotopic (exact) mass is 378 g/mol. The number of benzene rings is 2. The Hall–Kier alpha value is -3.83. The number of amides is 1. The Kier molecular flexibility index (Phi) is 5.06. The first-order chi connectivity index (χ1) is 13.0. The largest absolute Gasteiger partial charge is 0.478 e. The maximum Gasteiger partial charge on any atom is 0.335 e. The molecule has 1 amide bonds. The van der Waals surface area contributed by atoms with Gasteiger partial charge in [0.15, 0.2) is 0 Å². The highest BCUT2D eigenvalue weighted by Crippen LogP contribution is 2.37. The summed E-state index contributed by atoms with van der Waals surface area (Å²) in [5.74, 6) is -1.52.